The van der Waals surface area contributed by atoms with Crippen LogP contribution in [0.2, 0.25) is 0 Å². The molecule has 1 rings (SSSR count). The second-order valence-electron chi connectivity index (χ2n) is 3.49. The summed E-state index contributed by atoms with van der Waals surface area (Å²) in [6.07, 6.45) is 5.62. The molecule has 0 saturated carbocycles. The first-order valence-corrected chi connectivity index (χ1v) is 4.37. The quantitative estimate of drug-likeness (QED) is 0.518. The van der Waals surface area contributed by atoms with Gasteiger partial charge in [0.05, 0.1) is 0 Å². The van der Waals surface area contributed by atoms with Gasteiger partial charge in [-0.25, -0.2) is 4.89 Å². The van der Waals surface area contributed by atoms with Gasteiger partial charge in [0.2, 0.25) is 0 Å². The predicted molar refractivity (Wildman–Crippen MR) is 48.8 cm³/mol. The number of allylic oxidation sites excluding steroid dienone is 1. The summed E-state index contributed by atoms with van der Waals surface area (Å²) < 4.78 is 0. The topological polar surface area (TPSA) is 29.5 Å². The third-order valence-corrected chi connectivity index (χ3v) is 2.37. The summed E-state index contributed by atoms with van der Waals surface area (Å²) in [5.74, 6) is 0.789. The standard InChI is InChI=1S/C10H16O2/c1-8-3-5-10(6-4-8)9(2)7-12-11/h5,8,11H,2-4,6-7H2,1H3. The zero-order valence-electron chi connectivity index (χ0n) is 7.55. The average molecular weight is 168 g/mol. The summed E-state index contributed by atoms with van der Waals surface area (Å²) >= 11 is 0. The van der Waals surface area contributed by atoms with Crippen molar-refractivity contribution in [3.8, 4) is 0 Å². The van der Waals surface area contributed by atoms with Gasteiger partial charge < -0.3 is 0 Å². The van der Waals surface area contributed by atoms with Gasteiger partial charge in [0.15, 0.2) is 0 Å². The highest BCUT2D eigenvalue weighted by atomic mass is 17.1. The SMILES string of the molecule is C=C(COO)C1=CCC(C)CC1. The largest absolute Gasteiger partial charge is 0.251 e. The molecule has 0 aromatic carbocycles. The van der Waals surface area contributed by atoms with Gasteiger partial charge in [0, 0.05) is 0 Å². The smallest absolute Gasteiger partial charge is 0.107 e. The Labute approximate surface area is 73.5 Å². The van der Waals surface area contributed by atoms with Crippen LogP contribution in [0, 0.1) is 5.92 Å². The van der Waals surface area contributed by atoms with Gasteiger partial charge in [-0.3, -0.25) is 5.26 Å². The van der Waals surface area contributed by atoms with Crippen LogP contribution in [-0.4, -0.2) is 11.9 Å². The maximum atomic E-state index is 8.23. The van der Waals surface area contributed by atoms with Crippen molar-refractivity contribution < 1.29 is 10.1 Å². The molecule has 0 spiro atoms. The van der Waals surface area contributed by atoms with Crippen molar-refractivity contribution >= 4 is 0 Å². The summed E-state index contributed by atoms with van der Waals surface area (Å²) in [5.41, 5.74) is 2.16. The van der Waals surface area contributed by atoms with Crippen LogP contribution in [0.1, 0.15) is 26.2 Å². The molecule has 68 valence electrons. The second kappa shape index (κ2) is 4.43. The van der Waals surface area contributed by atoms with E-state index in [-0.39, 0.29) is 6.61 Å². The second-order valence-corrected chi connectivity index (χ2v) is 3.49. The van der Waals surface area contributed by atoms with Crippen molar-refractivity contribution in [2.24, 2.45) is 5.92 Å². The van der Waals surface area contributed by atoms with Crippen LogP contribution >= 0.6 is 0 Å². The molecule has 1 aliphatic rings. The zero-order valence-corrected chi connectivity index (χ0v) is 7.55. The minimum Gasteiger partial charge on any atom is -0.251 e. The molecule has 2 heteroatoms. The Kier molecular flexibility index (Phi) is 3.50. The third-order valence-electron chi connectivity index (χ3n) is 2.37. The molecule has 0 fully saturated rings. The van der Waals surface area contributed by atoms with Gasteiger partial charge in [-0.05, 0) is 36.3 Å². The van der Waals surface area contributed by atoms with Crippen molar-refractivity contribution in [3.63, 3.8) is 0 Å². The lowest BCUT2D eigenvalue weighted by atomic mass is 9.88. The van der Waals surface area contributed by atoms with Crippen molar-refractivity contribution in [3.05, 3.63) is 23.8 Å². The third kappa shape index (κ3) is 2.47. The molecule has 1 atom stereocenters. The Balaban J connectivity index is 2.47. The normalized spacial score (nSPS) is 23.5. The van der Waals surface area contributed by atoms with Gasteiger partial charge >= 0.3 is 0 Å². The van der Waals surface area contributed by atoms with Crippen molar-refractivity contribution in [2.45, 2.75) is 26.2 Å². The fourth-order valence-electron chi connectivity index (χ4n) is 1.46. The van der Waals surface area contributed by atoms with Crippen LogP contribution in [0.3, 0.4) is 0 Å². The van der Waals surface area contributed by atoms with E-state index in [9.17, 15) is 0 Å². The Morgan fingerprint density at radius 3 is 3.08 bits per heavy atom. The number of hydrogen-bond donors (Lipinski definition) is 1. The van der Waals surface area contributed by atoms with Crippen molar-refractivity contribution in [1.29, 1.82) is 0 Å². The molecule has 1 unspecified atom stereocenters. The molecule has 1 aliphatic carbocycles. The molecule has 0 amide bonds. The van der Waals surface area contributed by atoms with E-state index in [0.29, 0.717) is 0 Å². The number of rotatable bonds is 3. The van der Waals surface area contributed by atoms with Crippen LogP contribution in [-0.2, 0) is 4.89 Å². The molecular formula is C10H16O2. The fraction of sp³-hybridized carbons (Fsp3) is 0.600. The first kappa shape index (κ1) is 9.49. The van der Waals surface area contributed by atoms with Gasteiger partial charge in [0.25, 0.3) is 0 Å². The number of hydrogen-bond acceptors (Lipinski definition) is 2. The van der Waals surface area contributed by atoms with E-state index in [2.05, 4.69) is 24.5 Å². The van der Waals surface area contributed by atoms with Gasteiger partial charge in [-0.2, -0.15) is 0 Å². The van der Waals surface area contributed by atoms with E-state index in [1.807, 2.05) is 0 Å². The van der Waals surface area contributed by atoms with E-state index in [1.54, 1.807) is 0 Å². The Morgan fingerprint density at radius 2 is 2.58 bits per heavy atom. The van der Waals surface area contributed by atoms with E-state index in [4.69, 9.17) is 5.26 Å². The molecule has 2 nitrogen and oxygen atoms in total. The van der Waals surface area contributed by atoms with E-state index < -0.39 is 0 Å². The Hall–Kier alpha value is -0.600. The molecule has 0 saturated heterocycles. The zero-order chi connectivity index (χ0) is 8.97. The average Bonchev–Trinajstić information content (AvgIpc) is 2.06. The monoisotopic (exact) mass is 168 g/mol. The summed E-state index contributed by atoms with van der Waals surface area (Å²) in [6, 6.07) is 0. The van der Waals surface area contributed by atoms with Crippen LogP contribution in [0.15, 0.2) is 23.8 Å². The summed E-state index contributed by atoms with van der Waals surface area (Å²) in [4.78, 5) is 4.04. The van der Waals surface area contributed by atoms with E-state index in [0.717, 1.165) is 24.3 Å². The highest BCUT2D eigenvalue weighted by Gasteiger charge is 2.11. The van der Waals surface area contributed by atoms with Crippen LogP contribution in [0.5, 0.6) is 0 Å². The fourth-order valence-corrected chi connectivity index (χ4v) is 1.46. The lowest BCUT2D eigenvalue weighted by Gasteiger charge is -2.18. The highest BCUT2D eigenvalue weighted by molar-refractivity contribution is 5.29. The van der Waals surface area contributed by atoms with Gasteiger partial charge in [0.1, 0.15) is 6.61 Å². The van der Waals surface area contributed by atoms with Crippen LogP contribution in [0.25, 0.3) is 0 Å². The minimum absolute atomic E-state index is 0.236. The molecule has 0 radical (unpaired) electrons. The molecule has 1 N–H and O–H groups in total. The molecule has 0 heterocycles. The maximum Gasteiger partial charge on any atom is 0.107 e. The molecule has 0 aromatic rings. The highest BCUT2D eigenvalue weighted by Crippen LogP contribution is 2.26. The minimum atomic E-state index is 0.236. The molecular weight excluding hydrogens is 152 g/mol. The van der Waals surface area contributed by atoms with Crippen LogP contribution < -0.4 is 0 Å². The van der Waals surface area contributed by atoms with E-state index >= 15 is 0 Å². The molecule has 0 bridgehead atoms. The Morgan fingerprint density at radius 1 is 1.83 bits per heavy atom. The first-order chi connectivity index (χ1) is 5.74. The summed E-state index contributed by atoms with van der Waals surface area (Å²) in [5, 5.41) is 8.23. The van der Waals surface area contributed by atoms with Crippen molar-refractivity contribution in [2.75, 3.05) is 6.61 Å². The predicted octanol–water partition coefficient (Wildman–Crippen LogP) is 2.78. The van der Waals surface area contributed by atoms with E-state index in [1.165, 1.54) is 12.0 Å². The lowest BCUT2D eigenvalue weighted by molar-refractivity contribution is -0.233. The van der Waals surface area contributed by atoms with Gasteiger partial charge in [-0.1, -0.05) is 19.6 Å². The van der Waals surface area contributed by atoms with Crippen LogP contribution in [0.4, 0.5) is 0 Å². The molecule has 12 heavy (non-hydrogen) atoms. The Bertz CT molecular complexity index is 194. The first-order valence-electron chi connectivity index (χ1n) is 4.37. The summed E-state index contributed by atoms with van der Waals surface area (Å²) in [7, 11) is 0. The lowest BCUT2D eigenvalue weighted by Crippen LogP contribution is -2.05. The van der Waals surface area contributed by atoms with Crippen molar-refractivity contribution in [1.82, 2.24) is 0 Å². The molecule has 0 aromatic heterocycles. The molecule has 0 aliphatic heterocycles. The summed E-state index contributed by atoms with van der Waals surface area (Å²) in [6.45, 7) is 6.32. The maximum absolute atomic E-state index is 8.23. The van der Waals surface area contributed by atoms with Gasteiger partial charge in [-0.15, -0.1) is 0 Å².